The SMILES string of the molecule is CCOc1ccc(CC(=O)Nc2c(C(=O)c3cc(OC)ccc3OC)oc3ccc(Cl)cc23)cc1OCC. The zero-order chi connectivity index (χ0) is 27.2. The average molecular weight is 538 g/mol. The molecule has 0 fully saturated rings. The normalized spacial score (nSPS) is 10.8. The van der Waals surface area contributed by atoms with E-state index in [1.165, 1.54) is 14.2 Å². The molecule has 0 radical (unpaired) electrons. The number of carbonyl (C=O) groups excluding carboxylic acids is 2. The Morgan fingerprint density at radius 1 is 0.868 bits per heavy atom. The lowest BCUT2D eigenvalue weighted by Gasteiger charge is -2.13. The van der Waals surface area contributed by atoms with Crippen molar-refractivity contribution in [2.45, 2.75) is 20.3 Å². The largest absolute Gasteiger partial charge is 0.497 e. The molecule has 3 aromatic carbocycles. The summed E-state index contributed by atoms with van der Waals surface area (Å²) in [6.45, 7) is 4.71. The smallest absolute Gasteiger partial charge is 0.234 e. The van der Waals surface area contributed by atoms with Gasteiger partial charge in [-0.3, -0.25) is 9.59 Å². The second-order valence-corrected chi connectivity index (χ2v) is 8.65. The number of hydrogen-bond donors (Lipinski definition) is 1. The Balaban J connectivity index is 1.70. The third kappa shape index (κ3) is 5.70. The number of benzene rings is 3. The molecule has 4 rings (SSSR count). The Morgan fingerprint density at radius 3 is 2.32 bits per heavy atom. The Morgan fingerprint density at radius 2 is 1.61 bits per heavy atom. The number of anilines is 1. The van der Waals surface area contributed by atoms with Gasteiger partial charge in [0.1, 0.15) is 17.1 Å². The van der Waals surface area contributed by atoms with E-state index in [2.05, 4.69) is 5.32 Å². The maximum Gasteiger partial charge on any atom is 0.234 e. The van der Waals surface area contributed by atoms with Gasteiger partial charge in [0, 0.05) is 10.4 Å². The Bertz CT molecular complexity index is 1480. The molecule has 0 saturated heterocycles. The highest BCUT2D eigenvalue weighted by molar-refractivity contribution is 6.31. The van der Waals surface area contributed by atoms with Crippen LogP contribution in [0.3, 0.4) is 0 Å². The first-order chi connectivity index (χ1) is 18.4. The first-order valence-corrected chi connectivity index (χ1v) is 12.4. The molecule has 198 valence electrons. The molecule has 1 aromatic heterocycles. The zero-order valence-corrected chi connectivity index (χ0v) is 22.3. The zero-order valence-electron chi connectivity index (χ0n) is 21.6. The number of carbonyl (C=O) groups is 2. The van der Waals surface area contributed by atoms with E-state index in [0.29, 0.717) is 57.8 Å². The fourth-order valence-electron chi connectivity index (χ4n) is 4.04. The number of amides is 1. The minimum atomic E-state index is -0.483. The fraction of sp³-hybridized carbons (Fsp3) is 0.241. The van der Waals surface area contributed by atoms with Crippen molar-refractivity contribution in [1.29, 1.82) is 0 Å². The van der Waals surface area contributed by atoms with Crippen LogP contribution in [-0.4, -0.2) is 39.1 Å². The molecular formula is C29H28ClNO7. The number of ketones is 1. The van der Waals surface area contributed by atoms with Crippen molar-refractivity contribution in [3.63, 3.8) is 0 Å². The number of ether oxygens (including phenoxy) is 4. The number of nitrogens with one attached hydrogen (secondary N) is 1. The molecule has 4 aromatic rings. The van der Waals surface area contributed by atoms with Gasteiger partial charge >= 0.3 is 0 Å². The van der Waals surface area contributed by atoms with E-state index in [-0.39, 0.29) is 29.3 Å². The van der Waals surface area contributed by atoms with E-state index >= 15 is 0 Å². The van der Waals surface area contributed by atoms with Crippen molar-refractivity contribution in [2.75, 3.05) is 32.8 Å². The molecule has 1 amide bonds. The van der Waals surface area contributed by atoms with Crippen molar-refractivity contribution in [3.8, 4) is 23.0 Å². The van der Waals surface area contributed by atoms with Gasteiger partial charge in [0.2, 0.25) is 11.7 Å². The topological polar surface area (TPSA) is 96.2 Å². The molecule has 0 atom stereocenters. The van der Waals surface area contributed by atoms with Crippen LogP contribution in [0.15, 0.2) is 59.0 Å². The van der Waals surface area contributed by atoms with Crippen LogP contribution < -0.4 is 24.3 Å². The molecule has 8 nitrogen and oxygen atoms in total. The summed E-state index contributed by atoms with van der Waals surface area (Å²) in [6.07, 6.45) is 0.0236. The van der Waals surface area contributed by atoms with Crippen LogP contribution >= 0.6 is 11.6 Å². The minimum Gasteiger partial charge on any atom is -0.497 e. The summed E-state index contributed by atoms with van der Waals surface area (Å²) in [4.78, 5) is 26.9. The second-order valence-electron chi connectivity index (χ2n) is 8.21. The van der Waals surface area contributed by atoms with Crippen molar-refractivity contribution in [1.82, 2.24) is 0 Å². The van der Waals surface area contributed by atoms with Crippen molar-refractivity contribution < 1.29 is 33.0 Å². The lowest BCUT2D eigenvalue weighted by Crippen LogP contribution is -2.16. The quantitative estimate of drug-likeness (QED) is 0.224. The van der Waals surface area contributed by atoms with E-state index in [1.54, 1.807) is 54.6 Å². The molecule has 0 bridgehead atoms. The van der Waals surface area contributed by atoms with Crippen LogP contribution in [0.1, 0.15) is 35.5 Å². The summed E-state index contributed by atoms with van der Waals surface area (Å²) in [5.41, 5.74) is 1.55. The van der Waals surface area contributed by atoms with Crippen LogP contribution in [0.25, 0.3) is 11.0 Å². The molecule has 0 aliphatic carbocycles. The highest BCUT2D eigenvalue weighted by atomic mass is 35.5. The Hall–Kier alpha value is -4.17. The minimum absolute atomic E-state index is 0.0236. The van der Waals surface area contributed by atoms with Gasteiger partial charge in [-0.15, -0.1) is 0 Å². The molecule has 0 unspecified atom stereocenters. The van der Waals surface area contributed by atoms with Crippen LogP contribution in [0, 0.1) is 0 Å². The van der Waals surface area contributed by atoms with E-state index < -0.39 is 5.78 Å². The third-order valence-corrected chi connectivity index (χ3v) is 5.98. The van der Waals surface area contributed by atoms with E-state index in [9.17, 15) is 9.59 Å². The average Bonchev–Trinajstić information content (AvgIpc) is 3.26. The molecule has 0 saturated carbocycles. The second kappa shape index (κ2) is 11.9. The van der Waals surface area contributed by atoms with Crippen LogP contribution in [-0.2, 0) is 11.2 Å². The predicted molar refractivity (Wildman–Crippen MR) is 145 cm³/mol. The van der Waals surface area contributed by atoms with Gasteiger partial charge < -0.3 is 28.7 Å². The predicted octanol–water partition coefficient (Wildman–Crippen LogP) is 6.31. The van der Waals surface area contributed by atoms with Crippen molar-refractivity contribution in [2.24, 2.45) is 0 Å². The summed E-state index contributed by atoms with van der Waals surface area (Å²) in [7, 11) is 2.97. The summed E-state index contributed by atoms with van der Waals surface area (Å²) >= 11 is 6.24. The number of hydrogen-bond acceptors (Lipinski definition) is 7. The highest BCUT2D eigenvalue weighted by Gasteiger charge is 2.26. The fourth-order valence-corrected chi connectivity index (χ4v) is 4.21. The van der Waals surface area contributed by atoms with Crippen LogP contribution in [0.4, 0.5) is 5.69 Å². The first kappa shape index (κ1) is 26.9. The van der Waals surface area contributed by atoms with Crippen LogP contribution in [0.5, 0.6) is 23.0 Å². The Kier molecular flexibility index (Phi) is 8.43. The molecule has 0 aliphatic rings. The number of methoxy groups -OCH3 is 2. The van der Waals surface area contributed by atoms with E-state index in [1.807, 2.05) is 13.8 Å². The van der Waals surface area contributed by atoms with Gasteiger partial charge in [0.25, 0.3) is 0 Å². The summed E-state index contributed by atoms with van der Waals surface area (Å²) in [5.74, 6) is 1.08. The van der Waals surface area contributed by atoms with Crippen LogP contribution in [0.2, 0.25) is 5.02 Å². The van der Waals surface area contributed by atoms with Gasteiger partial charge in [-0.1, -0.05) is 17.7 Å². The van der Waals surface area contributed by atoms with Gasteiger partial charge in [-0.05, 0) is 67.9 Å². The lowest BCUT2D eigenvalue weighted by atomic mass is 10.0. The van der Waals surface area contributed by atoms with E-state index in [0.717, 1.165) is 0 Å². The number of halogens is 1. The first-order valence-electron chi connectivity index (χ1n) is 12.1. The number of rotatable bonds is 11. The highest BCUT2D eigenvalue weighted by Crippen LogP contribution is 2.37. The molecule has 0 spiro atoms. The molecule has 0 aliphatic heterocycles. The summed E-state index contributed by atoms with van der Waals surface area (Å²) in [6, 6.07) is 15.1. The standard InChI is InChI=1S/C29H28ClNO7/c1-5-36-24-10-7-17(13-25(24)37-6-2)14-26(32)31-27-20-15-18(30)8-11-23(20)38-29(27)28(33)21-16-19(34-3)9-12-22(21)35-4/h7-13,15-16H,5-6,14H2,1-4H3,(H,31,32). The maximum absolute atomic E-state index is 13.7. The molecule has 1 N–H and O–H groups in total. The van der Waals surface area contributed by atoms with Gasteiger partial charge in [-0.25, -0.2) is 0 Å². The summed E-state index contributed by atoms with van der Waals surface area (Å²) < 4.78 is 27.9. The van der Waals surface area contributed by atoms with E-state index in [4.69, 9.17) is 35.0 Å². The molecule has 1 heterocycles. The van der Waals surface area contributed by atoms with Gasteiger partial charge in [0.05, 0.1) is 45.1 Å². The number of furan rings is 1. The molecular weight excluding hydrogens is 510 g/mol. The molecule has 9 heteroatoms. The van der Waals surface area contributed by atoms with Gasteiger partial charge in [0.15, 0.2) is 17.3 Å². The number of fused-ring (bicyclic) bond motifs is 1. The monoisotopic (exact) mass is 537 g/mol. The maximum atomic E-state index is 13.7. The third-order valence-electron chi connectivity index (χ3n) is 5.74. The van der Waals surface area contributed by atoms with Crippen molar-refractivity contribution >= 4 is 39.9 Å². The summed E-state index contributed by atoms with van der Waals surface area (Å²) in [5, 5.41) is 3.79. The molecule has 38 heavy (non-hydrogen) atoms. The van der Waals surface area contributed by atoms with Crippen molar-refractivity contribution in [3.05, 3.63) is 76.5 Å². The Labute approximate surface area is 225 Å². The lowest BCUT2D eigenvalue weighted by molar-refractivity contribution is -0.115. The van der Waals surface area contributed by atoms with Gasteiger partial charge in [-0.2, -0.15) is 0 Å².